The van der Waals surface area contributed by atoms with Gasteiger partial charge in [0.2, 0.25) is 0 Å². The number of carbonyl (C=O) groups is 1. The van der Waals surface area contributed by atoms with Gasteiger partial charge in [0, 0.05) is 40.3 Å². The second-order valence-electron chi connectivity index (χ2n) is 6.16. The highest BCUT2D eigenvalue weighted by atomic mass is 32.1. The van der Waals surface area contributed by atoms with Crippen molar-refractivity contribution in [3.05, 3.63) is 84.0 Å². The molecule has 0 aliphatic carbocycles. The molecule has 0 saturated heterocycles. The molecule has 1 amide bonds. The Morgan fingerprint density at radius 3 is 2.52 bits per heavy atom. The van der Waals surface area contributed by atoms with Crippen LogP contribution in [0.3, 0.4) is 0 Å². The normalized spacial score (nSPS) is 10.4. The predicted octanol–water partition coefficient (Wildman–Crippen LogP) is 5.21. The molecule has 0 bridgehead atoms. The lowest BCUT2D eigenvalue weighted by molar-refractivity contribution is 0.102. The van der Waals surface area contributed by atoms with Gasteiger partial charge in [-0.3, -0.25) is 9.78 Å². The van der Waals surface area contributed by atoms with E-state index in [0.29, 0.717) is 17.0 Å². The highest BCUT2D eigenvalue weighted by Crippen LogP contribution is 2.27. The summed E-state index contributed by atoms with van der Waals surface area (Å²) in [7, 11) is 1.57. The predicted molar refractivity (Wildman–Crippen MR) is 116 cm³/mol. The molecule has 0 aliphatic rings. The van der Waals surface area contributed by atoms with Crippen molar-refractivity contribution in [2.75, 3.05) is 17.7 Å². The molecule has 6 nitrogen and oxygen atoms in total. The SMILES string of the molecule is COc1cccc(C(=O)Nc2ccc(Nc3nc(-c4ccncc4)cs3)cc2)c1. The summed E-state index contributed by atoms with van der Waals surface area (Å²) in [6.45, 7) is 0. The quantitative estimate of drug-likeness (QED) is 0.463. The lowest BCUT2D eigenvalue weighted by Crippen LogP contribution is -2.11. The maximum absolute atomic E-state index is 12.4. The molecule has 4 aromatic rings. The molecule has 29 heavy (non-hydrogen) atoms. The number of rotatable bonds is 6. The van der Waals surface area contributed by atoms with Gasteiger partial charge in [0.25, 0.3) is 5.91 Å². The zero-order valence-corrected chi connectivity index (χ0v) is 16.4. The summed E-state index contributed by atoms with van der Waals surface area (Å²) >= 11 is 1.53. The fourth-order valence-electron chi connectivity index (χ4n) is 2.71. The molecule has 7 heteroatoms. The minimum atomic E-state index is -0.188. The van der Waals surface area contributed by atoms with E-state index in [1.54, 1.807) is 43.8 Å². The van der Waals surface area contributed by atoms with Gasteiger partial charge in [-0.25, -0.2) is 4.98 Å². The summed E-state index contributed by atoms with van der Waals surface area (Å²) in [6, 6.07) is 18.4. The highest BCUT2D eigenvalue weighted by molar-refractivity contribution is 7.14. The van der Waals surface area contributed by atoms with Gasteiger partial charge < -0.3 is 15.4 Å². The van der Waals surface area contributed by atoms with Gasteiger partial charge in [-0.15, -0.1) is 11.3 Å². The van der Waals surface area contributed by atoms with Crippen LogP contribution >= 0.6 is 11.3 Å². The fraction of sp³-hybridized carbons (Fsp3) is 0.0455. The maximum Gasteiger partial charge on any atom is 0.255 e. The van der Waals surface area contributed by atoms with Crippen LogP contribution in [0.2, 0.25) is 0 Å². The molecule has 0 fully saturated rings. The number of hydrogen-bond acceptors (Lipinski definition) is 6. The van der Waals surface area contributed by atoms with E-state index in [1.807, 2.05) is 41.8 Å². The summed E-state index contributed by atoms with van der Waals surface area (Å²) in [6.07, 6.45) is 3.50. The first kappa shape index (κ1) is 18.6. The van der Waals surface area contributed by atoms with Gasteiger partial charge in [-0.05, 0) is 54.6 Å². The van der Waals surface area contributed by atoms with Gasteiger partial charge >= 0.3 is 0 Å². The Morgan fingerprint density at radius 1 is 1.00 bits per heavy atom. The molecule has 2 heterocycles. The number of ether oxygens (including phenoxy) is 1. The number of methoxy groups -OCH3 is 1. The number of nitrogens with one attached hydrogen (secondary N) is 2. The monoisotopic (exact) mass is 402 g/mol. The first-order chi connectivity index (χ1) is 14.2. The third-order valence-corrected chi connectivity index (χ3v) is 4.96. The second kappa shape index (κ2) is 8.53. The van der Waals surface area contributed by atoms with E-state index in [4.69, 9.17) is 4.74 Å². The fourth-order valence-corrected chi connectivity index (χ4v) is 3.45. The van der Waals surface area contributed by atoms with Crippen molar-refractivity contribution in [2.45, 2.75) is 0 Å². The van der Waals surface area contributed by atoms with Gasteiger partial charge in [0.05, 0.1) is 12.8 Å². The van der Waals surface area contributed by atoms with E-state index in [1.165, 1.54) is 11.3 Å². The number of anilines is 3. The number of hydrogen-bond donors (Lipinski definition) is 2. The molecule has 0 unspecified atom stereocenters. The molecule has 0 aliphatic heterocycles. The first-order valence-electron chi connectivity index (χ1n) is 8.90. The van der Waals surface area contributed by atoms with E-state index in [-0.39, 0.29) is 5.91 Å². The number of carbonyl (C=O) groups excluding carboxylic acids is 1. The van der Waals surface area contributed by atoms with Crippen molar-refractivity contribution in [1.82, 2.24) is 9.97 Å². The van der Waals surface area contributed by atoms with Crippen LogP contribution in [0.15, 0.2) is 78.4 Å². The molecule has 2 aromatic heterocycles. The topological polar surface area (TPSA) is 76.1 Å². The first-order valence-corrected chi connectivity index (χ1v) is 9.78. The van der Waals surface area contributed by atoms with Crippen molar-refractivity contribution in [1.29, 1.82) is 0 Å². The van der Waals surface area contributed by atoms with Crippen LogP contribution in [0.4, 0.5) is 16.5 Å². The van der Waals surface area contributed by atoms with Gasteiger partial charge in [-0.2, -0.15) is 0 Å². The van der Waals surface area contributed by atoms with Crippen molar-refractivity contribution in [3.8, 4) is 17.0 Å². The molecular weight excluding hydrogens is 384 g/mol. The van der Waals surface area contributed by atoms with Crippen LogP contribution in [0.5, 0.6) is 5.75 Å². The van der Waals surface area contributed by atoms with Crippen LogP contribution in [-0.4, -0.2) is 23.0 Å². The zero-order chi connectivity index (χ0) is 20.1. The third kappa shape index (κ3) is 4.59. The van der Waals surface area contributed by atoms with Crippen LogP contribution in [0.1, 0.15) is 10.4 Å². The molecule has 0 radical (unpaired) electrons. The van der Waals surface area contributed by atoms with Crippen LogP contribution in [-0.2, 0) is 0 Å². The zero-order valence-electron chi connectivity index (χ0n) is 15.6. The summed E-state index contributed by atoms with van der Waals surface area (Å²) in [5.74, 6) is 0.457. The van der Waals surface area contributed by atoms with Crippen molar-refractivity contribution < 1.29 is 9.53 Å². The van der Waals surface area contributed by atoms with E-state index in [0.717, 1.165) is 22.1 Å². The van der Waals surface area contributed by atoms with Crippen molar-refractivity contribution in [2.24, 2.45) is 0 Å². The molecule has 0 saturated carbocycles. The van der Waals surface area contributed by atoms with E-state index >= 15 is 0 Å². The van der Waals surface area contributed by atoms with Gasteiger partial charge in [0.15, 0.2) is 5.13 Å². The molecular formula is C22H18N4O2S. The number of amides is 1. The van der Waals surface area contributed by atoms with E-state index in [2.05, 4.69) is 20.6 Å². The molecule has 144 valence electrons. The molecule has 2 N–H and O–H groups in total. The Hall–Kier alpha value is -3.71. The van der Waals surface area contributed by atoms with Crippen LogP contribution in [0, 0.1) is 0 Å². The minimum absolute atomic E-state index is 0.188. The maximum atomic E-state index is 12.4. The summed E-state index contributed by atoms with van der Waals surface area (Å²) in [4.78, 5) is 21.0. The van der Waals surface area contributed by atoms with Gasteiger partial charge in [0.1, 0.15) is 5.75 Å². The number of benzene rings is 2. The van der Waals surface area contributed by atoms with Gasteiger partial charge in [-0.1, -0.05) is 6.07 Å². The van der Waals surface area contributed by atoms with Crippen molar-refractivity contribution in [3.63, 3.8) is 0 Å². The lowest BCUT2D eigenvalue weighted by atomic mass is 10.2. The summed E-state index contributed by atoms with van der Waals surface area (Å²) < 4.78 is 5.16. The smallest absolute Gasteiger partial charge is 0.255 e. The Morgan fingerprint density at radius 2 is 1.76 bits per heavy atom. The van der Waals surface area contributed by atoms with E-state index in [9.17, 15) is 4.79 Å². The average Bonchev–Trinajstić information content (AvgIpc) is 3.24. The second-order valence-corrected chi connectivity index (χ2v) is 7.02. The number of pyridine rings is 1. The average molecular weight is 402 g/mol. The molecule has 4 rings (SSSR count). The van der Waals surface area contributed by atoms with E-state index < -0.39 is 0 Å². The molecule has 0 atom stereocenters. The Labute approximate surface area is 172 Å². The highest BCUT2D eigenvalue weighted by Gasteiger charge is 2.08. The van der Waals surface area contributed by atoms with Crippen molar-refractivity contribution >= 4 is 33.8 Å². The third-order valence-electron chi connectivity index (χ3n) is 4.21. The minimum Gasteiger partial charge on any atom is -0.497 e. The lowest BCUT2D eigenvalue weighted by Gasteiger charge is -2.08. The Bertz CT molecular complexity index is 1110. The molecule has 2 aromatic carbocycles. The number of aromatic nitrogens is 2. The van der Waals surface area contributed by atoms with Crippen LogP contribution in [0.25, 0.3) is 11.3 Å². The summed E-state index contributed by atoms with van der Waals surface area (Å²) in [5, 5.41) is 8.97. The largest absolute Gasteiger partial charge is 0.497 e. The molecule has 0 spiro atoms. The standard InChI is InChI=1S/C22H18N4O2S/c1-28-19-4-2-3-16(13-19)21(27)24-17-5-7-18(8-6-17)25-22-26-20(14-29-22)15-9-11-23-12-10-15/h2-14H,1H3,(H,24,27)(H,25,26). The summed E-state index contributed by atoms with van der Waals surface area (Å²) in [5.41, 5.74) is 4.07. The number of thiazole rings is 1. The Kier molecular flexibility index (Phi) is 5.49. The van der Waals surface area contributed by atoms with Crippen LogP contribution < -0.4 is 15.4 Å². The Balaban J connectivity index is 1.40. The number of nitrogens with zero attached hydrogens (tertiary/aromatic N) is 2.